The van der Waals surface area contributed by atoms with E-state index in [1.165, 1.54) is 12.1 Å². The molecule has 110 valence electrons. The monoisotopic (exact) mass is 398 g/mol. The van der Waals surface area contributed by atoms with Gasteiger partial charge in [0.1, 0.15) is 9.67 Å². The molecule has 1 unspecified atom stereocenters. The van der Waals surface area contributed by atoms with Crippen molar-refractivity contribution in [1.29, 1.82) is 0 Å². The van der Waals surface area contributed by atoms with Crippen molar-refractivity contribution in [1.82, 2.24) is 0 Å². The fourth-order valence-electron chi connectivity index (χ4n) is 1.86. The summed E-state index contributed by atoms with van der Waals surface area (Å²) < 4.78 is 4.90. The van der Waals surface area contributed by atoms with Crippen molar-refractivity contribution in [3.63, 3.8) is 0 Å². The minimum Gasteiger partial charge on any atom is -0.504 e. The van der Waals surface area contributed by atoms with Crippen LogP contribution in [0, 0.1) is 0 Å². The Balaban J connectivity index is 2.09. The molecule has 0 radical (unpaired) electrons. The number of benzene rings is 2. The van der Waals surface area contributed by atoms with Crippen LogP contribution in [0.1, 0.15) is 18.4 Å². The van der Waals surface area contributed by atoms with Crippen LogP contribution in [0.5, 0.6) is 17.2 Å². The quantitative estimate of drug-likeness (QED) is 0.272. The number of phenols is 2. The van der Waals surface area contributed by atoms with Crippen molar-refractivity contribution >= 4 is 28.6 Å². The number of hydrogen-bond acceptors (Lipinski definition) is 4. The molecule has 2 aromatic rings. The Hall–Kier alpha value is -1.76. The van der Waals surface area contributed by atoms with Gasteiger partial charge >= 0.3 is 5.97 Å². The van der Waals surface area contributed by atoms with E-state index in [-0.39, 0.29) is 23.4 Å². The molecule has 0 aliphatic rings. The minimum absolute atomic E-state index is 0.159. The number of phenolic OH excluding ortho intramolecular Hbond substituents is 2. The minimum atomic E-state index is -0.410. The predicted octanol–water partition coefficient (Wildman–Crippen LogP) is 3.61. The zero-order valence-corrected chi connectivity index (χ0v) is 13.5. The molecule has 2 aromatic carbocycles. The maximum Gasteiger partial charge on any atom is 0.324 e. The highest BCUT2D eigenvalue weighted by Gasteiger charge is 2.26. The van der Waals surface area contributed by atoms with E-state index in [4.69, 9.17) is 4.74 Å². The Morgan fingerprint density at radius 1 is 1.10 bits per heavy atom. The molecular formula is C16H15IO4. The number of hydrogen-bond donors (Lipinski definition) is 2. The molecule has 0 bridgehead atoms. The van der Waals surface area contributed by atoms with Crippen molar-refractivity contribution in [2.45, 2.75) is 16.8 Å². The van der Waals surface area contributed by atoms with Gasteiger partial charge in [-0.05, 0) is 29.8 Å². The normalized spacial score (nSPS) is 13.4. The highest BCUT2D eigenvalue weighted by molar-refractivity contribution is 14.1. The average molecular weight is 398 g/mol. The molecule has 4 nitrogen and oxygen atoms in total. The van der Waals surface area contributed by atoms with Gasteiger partial charge in [-0.15, -0.1) is 0 Å². The topological polar surface area (TPSA) is 66.8 Å². The lowest BCUT2D eigenvalue weighted by Crippen LogP contribution is -2.25. The van der Waals surface area contributed by atoms with Crippen molar-refractivity contribution in [3.05, 3.63) is 54.1 Å². The number of carbonyl (C=O) groups excluding carboxylic acids is 1. The first-order chi connectivity index (χ1) is 9.99. The molecule has 0 spiro atoms. The molecule has 2 N–H and O–H groups in total. The van der Waals surface area contributed by atoms with Gasteiger partial charge in [-0.1, -0.05) is 53.8 Å². The molecule has 2 rings (SSSR count). The summed E-state index contributed by atoms with van der Waals surface area (Å²) in [6.45, 7) is 1.87. The summed E-state index contributed by atoms with van der Waals surface area (Å²) in [7, 11) is 0. The van der Waals surface area contributed by atoms with E-state index in [9.17, 15) is 15.0 Å². The molecule has 0 aliphatic carbocycles. The average Bonchev–Trinajstić information content (AvgIpc) is 2.49. The third-order valence-electron chi connectivity index (χ3n) is 3.15. The van der Waals surface area contributed by atoms with E-state index in [0.29, 0.717) is 5.75 Å². The summed E-state index contributed by atoms with van der Waals surface area (Å²) in [6.07, 6.45) is 0. The summed E-state index contributed by atoms with van der Waals surface area (Å²) >= 11 is 2.03. The van der Waals surface area contributed by atoms with E-state index in [1.807, 2.05) is 35.6 Å². The highest BCUT2D eigenvalue weighted by atomic mass is 127. The molecule has 21 heavy (non-hydrogen) atoms. The van der Waals surface area contributed by atoms with Crippen LogP contribution in [0.15, 0.2) is 48.5 Å². The summed E-state index contributed by atoms with van der Waals surface area (Å²) in [6, 6.07) is 13.4. The van der Waals surface area contributed by atoms with Gasteiger partial charge in [0.25, 0.3) is 0 Å². The van der Waals surface area contributed by atoms with E-state index >= 15 is 0 Å². The number of aromatic hydroxyl groups is 2. The fourth-order valence-corrected chi connectivity index (χ4v) is 2.40. The first-order valence-corrected chi connectivity index (χ1v) is 7.66. The maximum absolute atomic E-state index is 12.1. The molecule has 5 heteroatoms. The number of ether oxygens (including phenoxy) is 1. The number of rotatable bonds is 4. The second kappa shape index (κ2) is 6.80. The van der Waals surface area contributed by atoms with Gasteiger partial charge in [0.15, 0.2) is 11.5 Å². The fraction of sp³-hybridized carbons (Fsp3) is 0.188. The van der Waals surface area contributed by atoms with Crippen molar-refractivity contribution in [3.8, 4) is 17.2 Å². The van der Waals surface area contributed by atoms with Crippen LogP contribution >= 0.6 is 22.6 Å². The Kier molecular flexibility index (Phi) is 5.06. The van der Waals surface area contributed by atoms with Crippen LogP contribution in [0.3, 0.4) is 0 Å². The first-order valence-electron chi connectivity index (χ1n) is 6.41. The van der Waals surface area contributed by atoms with Crippen LogP contribution in [0.4, 0.5) is 0 Å². The van der Waals surface area contributed by atoms with Gasteiger partial charge in [0.2, 0.25) is 0 Å². The van der Waals surface area contributed by atoms with Gasteiger partial charge in [0.05, 0.1) is 0 Å². The molecule has 0 saturated heterocycles. The zero-order chi connectivity index (χ0) is 15.4. The van der Waals surface area contributed by atoms with Gasteiger partial charge in [-0.2, -0.15) is 0 Å². The lowest BCUT2D eigenvalue weighted by atomic mass is 9.97. The molecule has 0 heterocycles. The predicted molar refractivity (Wildman–Crippen MR) is 88.1 cm³/mol. The van der Waals surface area contributed by atoms with Crippen molar-refractivity contribution in [2.75, 3.05) is 0 Å². The molecule has 0 aliphatic heterocycles. The molecule has 0 saturated carbocycles. The summed E-state index contributed by atoms with van der Waals surface area (Å²) in [5.41, 5.74) is 0.759. The summed E-state index contributed by atoms with van der Waals surface area (Å²) in [5, 5.41) is 18.9. The largest absolute Gasteiger partial charge is 0.504 e. The number of esters is 1. The summed E-state index contributed by atoms with van der Waals surface area (Å²) in [5.74, 6) is -0.373. The molecule has 0 aromatic heterocycles. The van der Waals surface area contributed by atoms with Crippen LogP contribution in [0.25, 0.3) is 0 Å². The molecule has 2 atom stereocenters. The Morgan fingerprint density at radius 2 is 1.76 bits per heavy atom. The second-order valence-electron chi connectivity index (χ2n) is 4.67. The molecular weight excluding hydrogens is 383 g/mol. The van der Waals surface area contributed by atoms with Gasteiger partial charge < -0.3 is 14.9 Å². The summed E-state index contributed by atoms with van der Waals surface area (Å²) in [4.78, 5) is 12.1. The Morgan fingerprint density at radius 3 is 2.38 bits per heavy atom. The van der Waals surface area contributed by atoms with E-state index in [0.717, 1.165) is 5.56 Å². The zero-order valence-electron chi connectivity index (χ0n) is 11.4. The number of para-hydroxylation sites is 1. The SMILES string of the molecule is C[C@H](c1ccc(O)c(O)c1)C(I)C(=O)Oc1ccccc1. The van der Waals surface area contributed by atoms with Crippen molar-refractivity contribution < 1.29 is 19.7 Å². The third kappa shape index (κ3) is 3.87. The van der Waals surface area contributed by atoms with Gasteiger partial charge in [-0.25, -0.2) is 0 Å². The van der Waals surface area contributed by atoms with Crippen LogP contribution in [-0.2, 0) is 4.79 Å². The molecule has 0 fully saturated rings. The number of alkyl halides is 1. The van der Waals surface area contributed by atoms with Crippen LogP contribution < -0.4 is 4.74 Å². The van der Waals surface area contributed by atoms with Crippen LogP contribution in [-0.4, -0.2) is 20.1 Å². The highest BCUT2D eigenvalue weighted by Crippen LogP contribution is 2.32. The van der Waals surface area contributed by atoms with Crippen molar-refractivity contribution in [2.24, 2.45) is 0 Å². The standard InChI is InChI=1S/C16H15IO4/c1-10(11-7-8-13(18)14(19)9-11)15(17)16(20)21-12-5-3-2-4-6-12/h2-10,15,18-19H,1H3/t10-,15?/m1/s1. The number of halogens is 1. The van der Waals surface area contributed by atoms with Gasteiger partial charge in [0, 0.05) is 5.92 Å². The van der Waals surface area contributed by atoms with E-state index < -0.39 is 3.92 Å². The second-order valence-corrected chi connectivity index (χ2v) is 6.01. The Bertz CT molecular complexity index is 627. The van der Waals surface area contributed by atoms with E-state index in [1.54, 1.807) is 30.3 Å². The first kappa shape index (κ1) is 15.6. The maximum atomic E-state index is 12.1. The lowest BCUT2D eigenvalue weighted by Gasteiger charge is -2.18. The van der Waals surface area contributed by atoms with Gasteiger partial charge in [-0.3, -0.25) is 4.79 Å². The molecule has 0 amide bonds. The van der Waals surface area contributed by atoms with E-state index in [2.05, 4.69) is 0 Å². The Labute approximate surface area is 136 Å². The lowest BCUT2D eigenvalue weighted by molar-refractivity contribution is -0.133. The smallest absolute Gasteiger partial charge is 0.324 e. The van der Waals surface area contributed by atoms with Crippen LogP contribution in [0.2, 0.25) is 0 Å². The third-order valence-corrected chi connectivity index (χ3v) is 4.74. The number of carbonyl (C=O) groups is 1.